The topological polar surface area (TPSA) is 127 Å². The molecule has 2 aliphatic rings. The van der Waals surface area contributed by atoms with E-state index in [1.807, 2.05) is 0 Å². The van der Waals surface area contributed by atoms with Gasteiger partial charge in [0.1, 0.15) is 15.5 Å². The molecule has 0 saturated carbocycles. The molecule has 0 aliphatic carbocycles. The average molecular weight is 588 g/mol. The maximum Gasteiger partial charge on any atom is 0.335 e. The molecule has 0 bridgehead atoms. The van der Waals surface area contributed by atoms with Crippen LogP contribution in [0.1, 0.15) is 39.9 Å². The van der Waals surface area contributed by atoms with Crippen LogP contribution < -0.4 is 9.80 Å². The smallest absolute Gasteiger partial charge is 0.335 e. The van der Waals surface area contributed by atoms with E-state index in [1.165, 1.54) is 24.0 Å². The van der Waals surface area contributed by atoms with Gasteiger partial charge < -0.3 is 10.1 Å². The maximum atomic E-state index is 13.3. The summed E-state index contributed by atoms with van der Waals surface area (Å²) in [5.41, 5.74) is 7.44. The molecule has 0 unspecified atom stereocenters. The third-order valence-corrected chi connectivity index (χ3v) is 10.2. The van der Waals surface area contributed by atoms with Gasteiger partial charge in [-0.2, -0.15) is 0 Å². The lowest BCUT2D eigenvalue weighted by Gasteiger charge is -2.35. The zero-order valence-corrected chi connectivity index (χ0v) is 24.6. The molecule has 0 atom stereocenters. The quantitative estimate of drug-likeness (QED) is 0.331. The summed E-state index contributed by atoms with van der Waals surface area (Å²) in [6.45, 7) is 4.71. The van der Waals surface area contributed by atoms with Gasteiger partial charge in [-0.05, 0) is 73.8 Å². The molecule has 2 aliphatic heterocycles. The van der Waals surface area contributed by atoms with Gasteiger partial charge in [0.05, 0.1) is 34.9 Å². The van der Waals surface area contributed by atoms with Gasteiger partial charge in [-0.15, -0.1) is 0 Å². The van der Waals surface area contributed by atoms with Crippen molar-refractivity contribution in [2.24, 2.45) is 0 Å². The van der Waals surface area contributed by atoms with Crippen molar-refractivity contribution in [1.29, 1.82) is 0 Å². The van der Waals surface area contributed by atoms with E-state index in [-0.39, 0.29) is 16.8 Å². The van der Waals surface area contributed by atoms with E-state index in [2.05, 4.69) is 46.1 Å². The van der Waals surface area contributed by atoms with Crippen molar-refractivity contribution >= 4 is 44.2 Å². The highest BCUT2D eigenvalue weighted by molar-refractivity contribution is 7.91. The molecule has 0 radical (unpaired) electrons. The Hall–Kier alpha value is -4.22. The number of benzene rings is 2. The third kappa shape index (κ3) is 5.03. The van der Waals surface area contributed by atoms with Crippen molar-refractivity contribution in [3.63, 3.8) is 0 Å². The van der Waals surface area contributed by atoms with E-state index in [9.17, 15) is 23.1 Å². The molecule has 2 amide bonds. The molecule has 2 aromatic heterocycles. The molecular weight excluding hydrogens is 554 g/mol. The number of urea groups is 1. The van der Waals surface area contributed by atoms with Crippen LogP contribution >= 0.6 is 0 Å². The van der Waals surface area contributed by atoms with E-state index in [0.717, 1.165) is 58.7 Å². The first kappa shape index (κ1) is 27.9. The molecule has 42 heavy (non-hydrogen) atoms. The number of hydrogen-bond acceptors (Lipinski definition) is 6. The summed E-state index contributed by atoms with van der Waals surface area (Å²) in [5, 5.41) is 9.99. The van der Waals surface area contributed by atoms with Crippen molar-refractivity contribution in [3.05, 3.63) is 77.0 Å². The van der Waals surface area contributed by atoms with Crippen LogP contribution in [-0.4, -0.2) is 72.0 Å². The van der Waals surface area contributed by atoms with E-state index >= 15 is 0 Å². The van der Waals surface area contributed by atoms with Gasteiger partial charge in [0.25, 0.3) is 0 Å². The summed E-state index contributed by atoms with van der Waals surface area (Å²) >= 11 is 0. The SMILES string of the molecule is Cc1c(-c2ccc(CN3CCC(S(C)(=O)=O)CC3)cc2)[nH]c2ncc3c(c12)CN(c1ccc(C(=O)O)cc1)C(=O)N3C. The molecule has 1 fully saturated rings. The molecule has 11 heteroatoms. The number of carboxylic acid groups (broad SMARTS) is 1. The molecule has 2 aromatic carbocycles. The van der Waals surface area contributed by atoms with Gasteiger partial charge >= 0.3 is 12.0 Å². The van der Waals surface area contributed by atoms with Crippen molar-refractivity contribution in [2.45, 2.75) is 38.1 Å². The number of nitrogens with one attached hydrogen (secondary N) is 1. The number of H-pyrrole nitrogens is 1. The van der Waals surface area contributed by atoms with Crippen LogP contribution in [0, 0.1) is 6.92 Å². The first-order valence-corrected chi connectivity index (χ1v) is 15.9. The van der Waals surface area contributed by atoms with Gasteiger partial charge in [-0.3, -0.25) is 14.7 Å². The number of sulfone groups is 1. The Balaban J connectivity index is 1.26. The van der Waals surface area contributed by atoms with Crippen LogP contribution in [-0.2, 0) is 22.9 Å². The normalized spacial score (nSPS) is 16.7. The predicted molar refractivity (Wildman–Crippen MR) is 163 cm³/mol. The number of rotatable bonds is 6. The van der Waals surface area contributed by atoms with Crippen LogP contribution in [0.25, 0.3) is 22.3 Å². The lowest BCUT2D eigenvalue weighted by molar-refractivity contribution is 0.0697. The Bertz CT molecular complexity index is 1790. The highest BCUT2D eigenvalue weighted by Gasteiger charge is 2.32. The number of piperidine rings is 1. The van der Waals surface area contributed by atoms with Crippen molar-refractivity contribution in [2.75, 3.05) is 36.2 Å². The zero-order valence-electron chi connectivity index (χ0n) is 23.8. The second-order valence-electron chi connectivity index (χ2n) is 11.3. The second-order valence-corrected chi connectivity index (χ2v) is 13.6. The average Bonchev–Trinajstić information content (AvgIpc) is 3.31. The minimum Gasteiger partial charge on any atom is -0.478 e. The van der Waals surface area contributed by atoms with Gasteiger partial charge in [0.2, 0.25) is 0 Å². The third-order valence-electron chi connectivity index (χ3n) is 8.57. The number of nitrogens with zero attached hydrogens (tertiary/aromatic N) is 4. The molecule has 2 N–H and O–H groups in total. The van der Waals surface area contributed by atoms with Gasteiger partial charge in [-0.1, -0.05) is 24.3 Å². The number of aryl methyl sites for hydroxylation is 1. The number of aromatic amines is 1. The van der Waals surface area contributed by atoms with Crippen LogP contribution in [0.15, 0.2) is 54.7 Å². The Morgan fingerprint density at radius 2 is 1.74 bits per heavy atom. The summed E-state index contributed by atoms with van der Waals surface area (Å²) in [7, 11) is -1.26. The molecule has 4 aromatic rings. The van der Waals surface area contributed by atoms with Crippen LogP contribution in [0.2, 0.25) is 0 Å². The number of carbonyl (C=O) groups excluding carboxylic acids is 1. The fraction of sp³-hybridized carbons (Fsp3) is 0.323. The first-order valence-electron chi connectivity index (χ1n) is 13.9. The van der Waals surface area contributed by atoms with Crippen LogP contribution in [0.5, 0.6) is 0 Å². The Morgan fingerprint density at radius 1 is 1.07 bits per heavy atom. The number of carboxylic acids is 1. The van der Waals surface area contributed by atoms with E-state index in [0.29, 0.717) is 25.1 Å². The second kappa shape index (κ2) is 10.6. The van der Waals surface area contributed by atoms with Gasteiger partial charge in [0, 0.05) is 36.5 Å². The number of carbonyl (C=O) groups is 2. The van der Waals surface area contributed by atoms with E-state index in [4.69, 9.17) is 0 Å². The van der Waals surface area contributed by atoms with Gasteiger partial charge in [0.15, 0.2) is 0 Å². The number of aromatic carboxylic acids is 1. The molecule has 10 nitrogen and oxygen atoms in total. The van der Waals surface area contributed by atoms with E-state index < -0.39 is 15.8 Å². The number of pyridine rings is 1. The molecule has 0 spiro atoms. The molecule has 1 saturated heterocycles. The Morgan fingerprint density at radius 3 is 2.36 bits per heavy atom. The zero-order chi connectivity index (χ0) is 29.8. The number of likely N-dealkylation sites (tertiary alicyclic amines) is 1. The fourth-order valence-electron chi connectivity index (χ4n) is 6.14. The van der Waals surface area contributed by atoms with E-state index in [1.54, 1.807) is 35.2 Å². The maximum absolute atomic E-state index is 13.3. The summed E-state index contributed by atoms with van der Waals surface area (Å²) < 4.78 is 23.7. The van der Waals surface area contributed by atoms with Crippen LogP contribution in [0.4, 0.5) is 16.2 Å². The summed E-state index contributed by atoms with van der Waals surface area (Å²) in [4.78, 5) is 38.2. The molecule has 6 rings (SSSR count). The largest absolute Gasteiger partial charge is 0.478 e. The van der Waals surface area contributed by atoms with Gasteiger partial charge in [-0.25, -0.2) is 23.0 Å². The number of anilines is 2. The summed E-state index contributed by atoms with van der Waals surface area (Å²) in [6, 6.07) is 14.5. The number of amides is 2. The highest BCUT2D eigenvalue weighted by atomic mass is 32.2. The Kier molecular flexibility index (Phi) is 7.02. The lowest BCUT2D eigenvalue weighted by Crippen LogP contribution is -2.45. The number of hydrogen-bond donors (Lipinski definition) is 2. The molecule has 4 heterocycles. The summed E-state index contributed by atoms with van der Waals surface area (Å²) in [5.74, 6) is -1.01. The lowest BCUT2D eigenvalue weighted by atomic mass is 10.0. The summed E-state index contributed by atoms with van der Waals surface area (Å²) in [6.07, 6.45) is 4.40. The Labute approximate surface area is 244 Å². The van der Waals surface area contributed by atoms with Crippen molar-refractivity contribution < 1.29 is 23.1 Å². The standard InChI is InChI=1S/C31H33N5O5S/c1-19-27-25-18-36(23-10-8-22(9-11-23)30(37)38)31(39)34(2)26(25)16-32-29(27)33-28(19)21-6-4-20(5-7-21)17-35-14-12-24(13-15-35)42(3,40)41/h4-11,16,24H,12-15,17-18H2,1-3H3,(H,32,33)(H,37,38). The van der Waals surface area contributed by atoms with Crippen molar-refractivity contribution in [3.8, 4) is 11.3 Å². The molecule has 218 valence electrons. The van der Waals surface area contributed by atoms with Crippen LogP contribution in [0.3, 0.4) is 0 Å². The van der Waals surface area contributed by atoms with Crippen molar-refractivity contribution in [1.82, 2.24) is 14.9 Å². The minimum atomic E-state index is -2.98. The number of aromatic nitrogens is 2. The number of fused-ring (bicyclic) bond motifs is 3. The monoisotopic (exact) mass is 587 g/mol. The highest BCUT2D eigenvalue weighted by Crippen LogP contribution is 2.39. The molecular formula is C31H33N5O5S. The fourth-order valence-corrected chi connectivity index (χ4v) is 7.21. The first-order chi connectivity index (χ1) is 20.0. The predicted octanol–water partition coefficient (Wildman–Crippen LogP) is 4.82. The minimum absolute atomic E-state index is 0.164.